The van der Waals surface area contributed by atoms with E-state index in [-0.39, 0.29) is 37.8 Å². The number of hydrogen-bond donors (Lipinski definition) is 3. The third kappa shape index (κ3) is 6.34. The maximum atomic E-state index is 12.4. The second-order valence-electron chi connectivity index (χ2n) is 10.0. The largest absolute Gasteiger partial charge is 0.481 e. The molecule has 0 spiro atoms. The van der Waals surface area contributed by atoms with E-state index in [9.17, 15) is 14.4 Å². The average molecular weight is 453 g/mol. The van der Waals surface area contributed by atoms with E-state index in [1.807, 2.05) is 38.1 Å². The fourth-order valence-corrected chi connectivity index (χ4v) is 4.30. The standard InChI is InChI=1S/C26H32N2O5/c1-25(2,13-22(29)28-26(3,4)14-23(30)31)16-27-24(32)33-15-21-19-11-7-5-9-17(19)18-10-6-8-12-20(18)21/h5-12,21H,13-16H2,1-4H3,(H,27,32)(H,28,29)(H,30,31). The van der Waals surface area contributed by atoms with Crippen molar-refractivity contribution in [3.05, 3.63) is 59.7 Å². The lowest BCUT2D eigenvalue weighted by atomic mass is 9.88. The first kappa shape index (κ1) is 24.3. The molecule has 3 rings (SSSR count). The number of carboxylic acids is 1. The van der Waals surface area contributed by atoms with E-state index >= 15 is 0 Å². The summed E-state index contributed by atoms with van der Waals surface area (Å²) in [5.74, 6) is -1.25. The van der Waals surface area contributed by atoms with Crippen LogP contribution in [0.15, 0.2) is 48.5 Å². The quantitative estimate of drug-likeness (QED) is 0.526. The zero-order valence-electron chi connectivity index (χ0n) is 19.6. The van der Waals surface area contributed by atoms with Crippen molar-refractivity contribution in [1.29, 1.82) is 0 Å². The molecule has 0 fully saturated rings. The van der Waals surface area contributed by atoms with Gasteiger partial charge in [-0.1, -0.05) is 62.4 Å². The number of carboxylic acid groups (broad SMARTS) is 1. The summed E-state index contributed by atoms with van der Waals surface area (Å²) in [6.07, 6.45) is -0.562. The van der Waals surface area contributed by atoms with Gasteiger partial charge < -0.3 is 20.5 Å². The molecule has 33 heavy (non-hydrogen) atoms. The van der Waals surface area contributed by atoms with Gasteiger partial charge in [-0.25, -0.2) is 4.79 Å². The van der Waals surface area contributed by atoms with Crippen molar-refractivity contribution in [1.82, 2.24) is 10.6 Å². The highest BCUT2D eigenvalue weighted by molar-refractivity contribution is 5.80. The Kier molecular flexibility index (Phi) is 7.10. The molecule has 2 aromatic rings. The normalized spacial score (nSPS) is 13.1. The maximum Gasteiger partial charge on any atom is 0.407 e. The SMILES string of the molecule is CC(C)(CNC(=O)OCC1c2ccccc2-c2ccccc21)CC(=O)NC(C)(C)CC(=O)O. The van der Waals surface area contributed by atoms with E-state index in [0.29, 0.717) is 0 Å². The first-order valence-electron chi connectivity index (χ1n) is 11.1. The van der Waals surface area contributed by atoms with E-state index in [2.05, 4.69) is 34.9 Å². The third-order valence-electron chi connectivity index (χ3n) is 5.77. The van der Waals surface area contributed by atoms with Gasteiger partial charge in [0, 0.05) is 24.4 Å². The highest BCUT2D eigenvalue weighted by Gasteiger charge is 2.30. The van der Waals surface area contributed by atoms with Gasteiger partial charge in [0.25, 0.3) is 0 Å². The monoisotopic (exact) mass is 452 g/mol. The number of nitrogens with one attached hydrogen (secondary N) is 2. The minimum absolute atomic E-state index is 0.0154. The van der Waals surface area contributed by atoms with E-state index in [1.165, 1.54) is 11.1 Å². The zero-order valence-corrected chi connectivity index (χ0v) is 19.6. The molecule has 7 nitrogen and oxygen atoms in total. The summed E-state index contributed by atoms with van der Waals surface area (Å²) < 4.78 is 5.55. The molecule has 2 aromatic carbocycles. The topological polar surface area (TPSA) is 105 Å². The molecule has 0 radical (unpaired) electrons. The van der Waals surface area contributed by atoms with Crippen molar-refractivity contribution in [2.45, 2.75) is 52.0 Å². The predicted octanol–water partition coefficient (Wildman–Crippen LogP) is 4.31. The first-order valence-corrected chi connectivity index (χ1v) is 11.1. The number of amides is 2. The fourth-order valence-electron chi connectivity index (χ4n) is 4.30. The lowest BCUT2D eigenvalue weighted by Gasteiger charge is -2.29. The molecular formula is C26H32N2O5. The van der Waals surface area contributed by atoms with Crippen LogP contribution in [0, 0.1) is 5.41 Å². The zero-order chi connectivity index (χ0) is 24.2. The summed E-state index contributed by atoms with van der Waals surface area (Å²) in [7, 11) is 0. The predicted molar refractivity (Wildman–Crippen MR) is 126 cm³/mol. The molecule has 0 aliphatic heterocycles. The van der Waals surface area contributed by atoms with Crippen LogP contribution in [0.2, 0.25) is 0 Å². The molecule has 0 bridgehead atoms. The van der Waals surface area contributed by atoms with Crippen molar-refractivity contribution < 1.29 is 24.2 Å². The summed E-state index contributed by atoms with van der Waals surface area (Å²) >= 11 is 0. The lowest BCUT2D eigenvalue weighted by Crippen LogP contribution is -2.47. The molecule has 1 aliphatic carbocycles. The van der Waals surface area contributed by atoms with Crippen molar-refractivity contribution in [3.63, 3.8) is 0 Å². The van der Waals surface area contributed by atoms with Gasteiger partial charge in [-0.15, -0.1) is 0 Å². The number of benzene rings is 2. The minimum Gasteiger partial charge on any atom is -0.481 e. The van der Waals surface area contributed by atoms with Crippen molar-refractivity contribution in [2.24, 2.45) is 5.41 Å². The van der Waals surface area contributed by atoms with Crippen LogP contribution in [-0.2, 0) is 14.3 Å². The first-order chi connectivity index (χ1) is 15.5. The Hall–Kier alpha value is -3.35. The van der Waals surface area contributed by atoms with Gasteiger partial charge in [0.05, 0.1) is 6.42 Å². The van der Waals surface area contributed by atoms with Crippen LogP contribution >= 0.6 is 0 Å². The van der Waals surface area contributed by atoms with Crippen LogP contribution in [0.4, 0.5) is 4.79 Å². The van der Waals surface area contributed by atoms with Gasteiger partial charge in [-0.2, -0.15) is 0 Å². The Balaban J connectivity index is 1.51. The van der Waals surface area contributed by atoms with E-state index in [1.54, 1.807) is 13.8 Å². The molecule has 0 unspecified atom stereocenters. The van der Waals surface area contributed by atoms with Crippen LogP contribution in [0.5, 0.6) is 0 Å². The Morgan fingerprint density at radius 2 is 1.45 bits per heavy atom. The highest BCUT2D eigenvalue weighted by Crippen LogP contribution is 2.44. The second kappa shape index (κ2) is 9.65. The molecule has 0 saturated heterocycles. The second-order valence-corrected chi connectivity index (χ2v) is 10.0. The average Bonchev–Trinajstić information content (AvgIpc) is 3.03. The molecule has 0 aromatic heterocycles. The van der Waals surface area contributed by atoms with E-state index in [0.717, 1.165) is 11.1 Å². The molecule has 3 N–H and O–H groups in total. The van der Waals surface area contributed by atoms with Crippen LogP contribution < -0.4 is 10.6 Å². The number of aliphatic carboxylic acids is 1. The minimum atomic E-state index is -0.975. The fraction of sp³-hybridized carbons (Fsp3) is 0.423. The number of rotatable bonds is 9. The van der Waals surface area contributed by atoms with Crippen LogP contribution in [0.1, 0.15) is 57.6 Å². The summed E-state index contributed by atoms with van der Waals surface area (Å²) in [6, 6.07) is 16.3. The van der Waals surface area contributed by atoms with Gasteiger partial charge >= 0.3 is 12.1 Å². The molecule has 0 saturated carbocycles. The van der Waals surface area contributed by atoms with Gasteiger partial charge in [-0.3, -0.25) is 9.59 Å². The van der Waals surface area contributed by atoms with Crippen molar-refractivity contribution in [2.75, 3.05) is 13.2 Å². The number of carbonyl (C=O) groups is 3. The molecular weight excluding hydrogens is 420 g/mol. The van der Waals surface area contributed by atoms with Crippen LogP contribution in [0.25, 0.3) is 11.1 Å². The van der Waals surface area contributed by atoms with Gasteiger partial charge in [-0.05, 0) is 41.5 Å². The molecule has 1 aliphatic rings. The van der Waals surface area contributed by atoms with Crippen LogP contribution in [0.3, 0.4) is 0 Å². The van der Waals surface area contributed by atoms with E-state index < -0.39 is 23.0 Å². The van der Waals surface area contributed by atoms with Crippen molar-refractivity contribution in [3.8, 4) is 11.1 Å². The lowest BCUT2D eigenvalue weighted by molar-refractivity contribution is -0.138. The summed E-state index contributed by atoms with van der Waals surface area (Å²) in [6.45, 7) is 7.53. The Labute approximate surface area is 194 Å². The highest BCUT2D eigenvalue weighted by atomic mass is 16.5. The van der Waals surface area contributed by atoms with Crippen LogP contribution in [-0.4, -0.2) is 41.8 Å². The molecule has 2 amide bonds. The number of hydrogen-bond acceptors (Lipinski definition) is 4. The molecule has 7 heteroatoms. The molecule has 0 atom stereocenters. The summed E-state index contributed by atoms with van der Waals surface area (Å²) in [5.41, 5.74) is 3.24. The molecule has 0 heterocycles. The summed E-state index contributed by atoms with van der Waals surface area (Å²) in [4.78, 5) is 35.7. The Morgan fingerprint density at radius 1 is 0.909 bits per heavy atom. The summed E-state index contributed by atoms with van der Waals surface area (Å²) in [5, 5.41) is 14.5. The smallest absolute Gasteiger partial charge is 0.407 e. The maximum absolute atomic E-state index is 12.4. The van der Waals surface area contributed by atoms with E-state index in [4.69, 9.17) is 9.84 Å². The number of alkyl carbamates (subject to hydrolysis) is 1. The van der Waals surface area contributed by atoms with Gasteiger partial charge in [0.2, 0.25) is 5.91 Å². The number of ether oxygens (including phenoxy) is 1. The third-order valence-corrected chi connectivity index (χ3v) is 5.77. The van der Waals surface area contributed by atoms with Gasteiger partial charge in [0.15, 0.2) is 0 Å². The Morgan fingerprint density at radius 3 is 2.00 bits per heavy atom. The van der Waals surface area contributed by atoms with Crippen molar-refractivity contribution >= 4 is 18.0 Å². The Bertz CT molecular complexity index is 999. The molecule has 176 valence electrons. The number of fused-ring (bicyclic) bond motifs is 3. The number of carbonyl (C=O) groups excluding carboxylic acids is 2. The van der Waals surface area contributed by atoms with Gasteiger partial charge in [0.1, 0.15) is 6.61 Å².